The van der Waals surface area contributed by atoms with Gasteiger partial charge < -0.3 is 10.6 Å². The highest BCUT2D eigenvalue weighted by Gasteiger charge is 2.16. The van der Waals surface area contributed by atoms with Crippen molar-refractivity contribution in [2.45, 2.75) is 20.3 Å². The molecule has 7 heteroatoms. The lowest BCUT2D eigenvalue weighted by molar-refractivity contribution is -0.120. The average molecular weight is 375 g/mol. The number of carbonyl (C=O) groups is 2. The minimum absolute atomic E-state index is 0.0293. The molecule has 0 spiro atoms. The molecule has 0 unspecified atom stereocenters. The zero-order valence-corrected chi connectivity index (χ0v) is 15.4. The van der Waals surface area contributed by atoms with E-state index >= 15 is 0 Å². The van der Waals surface area contributed by atoms with Crippen LogP contribution in [0.25, 0.3) is 0 Å². The van der Waals surface area contributed by atoms with E-state index in [1.165, 1.54) is 0 Å². The van der Waals surface area contributed by atoms with Gasteiger partial charge in [-0.3, -0.25) is 14.5 Å². The molecule has 0 aliphatic carbocycles. The van der Waals surface area contributed by atoms with Crippen LogP contribution in [0, 0.1) is 18.6 Å². The number of benzene rings is 2. The van der Waals surface area contributed by atoms with Crippen LogP contribution in [0.4, 0.5) is 20.2 Å². The molecular formula is C20H23F2N3O2. The number of aryl methyl sites for hydroxylation is 1. The van der Waals surface area contributed by atoms with Gasteiger partial charge in [0.05, 0.1) is 18.8 Å². The second-order valence-corrected chi connectivity index (χ2v) is 6.25. The summed E-state index contributed by atoms with van der Waals surface area (Å²) in [6.07, 6.45) is 0.746. The van der Waals surface area contributed by atoms with E-state index in [0.29, 0.717) is 12.6 Å². The Bertz CT molecular complexity index is 812. The van der Waals surface area contributed by atoms with Crippen molar-refractivity contribution in [3.8, 4) is 0 Å². The second-order valence-electron chi connectivity index (χ2n) is 6.25. The van der Waals surface area contributed by atoms with Crippen molar-refractivity contribution >= 4 is 23.2 Å². The fourth-order valence-electron chi connectivity index (χ4n) is 2.62. The van der Waals surface area contributed by atoms with Gasteiger partial charge in [0, 0.05) is 11.8 Å². The Hall–Kier alpha value is -2.80. The van der Waals surface area contributed by atoms with Gasteiger partial charge in [0.2, 0.25) is 11.8 Å². The Morgan fingerprint density at radius 2 is 1.59 bits per heavy atom. The van der Waals surface area contributed by atoms with Gasteiger partial charge in [0.1, 0.15) is 11.6 Å². The number of nitrogens with one attached hydrogen (secondary N) is 2. The smallest absolute Gasteiger partial charge is 0.238 e. The van der Waals surface area contributed by atoms with Crippen molar-refractivity contribution in [1.29, 1.82) is 0 Å². The summed E-state index contributed by atoms with van der Waals surface area (Å²) in [7, 11) is 0. The molecule has 2 aromatic carbocycles. The molecule has 0 bridgehead atoms. The van der Waals surface area contributed by atoms with Crippen LogP contribution in [-0.4, -0.2) is 36.3 Å². The monoisotopic (exact) mass is 375 g/mol. The number of carbonyl (C=O) groups excluding carboxylic acids is 2. The maximum Gasteiger partial charge on any atom is 0.238 e. The predicted octanol–water partition coefficient (Wildman–Crippen LogP) is 3.56. The van der Waals surface area contributed by atoms with Crippen LogP contribution in [0.3, 0.4) is 0 Å². The molecule has 0 atom stereocenters. The van der Waals surface area contributed by atoms with Crippen LogP contribution in [-0.2, 0) is 9.59 Å². The Labute approximate surface area is 157 Å². The highest BCUT2D eigenvalue weighted by atomic mass is 19.1. The van der Waals surface area contributed by atoms with Crippen LogP contribution in [0.2, 0.25) is 0 Å². The molecule has 27 heavy (non-hydrogen) atoms. The molecule has 0 fully saturated rings. The van der Waals surface area contributed by atoms with Gasteiger partial charge in [0.25, 0.3) is 0 Å². The first-order valence-corrected chi connectivity index (χ1v) is 8.71. The van der Waals surface area contributed by atoms with E-state index in [0.717, 1.165) is 29.8 Å². The van der Waals surface area contributed by atoms with Crippen molar-refractivity contribution in [1.82, 2.24) is 4.90 Å². The van der Waals surface area contributed by atoms with Gasteiger partial charge in [-0.1, -0.05) is 25.1 Å². The average Bonchev–Trinajstić information content (AvgIpc) is 2.59. The number of hydrogen-bond donors (Lipinski definition) is 2. The zero-order chi connectivity index (χ0) is 19.8. The molecule has 2 aromatic rings. The van der Waals surface area contributed by atoms with Gasteiger partial charge in [-0.15, -0.1) is 0 Å². The predicted molar refractivity (Wildman–Crippen MR) is 102 cm³/mol. The van der Waals surface area contributed by atoms with E-state index in [9.17, 15) is 18.4 Å². The van der Waals surface area contributed by atoms with Crippen LogP contribution < -0.4 is 10.6 Å². The number of nitrogens with zero attached hydrogens (tertiary/aromatic N) is 1. The van der Waals surface area contributed by atoms with E-state index in [1.807, 2.05) is 32.0 Å². The maximum atomic E-state index is 13.7. The van der Waals surface area contributed by atoms with Gasteiger partial charge in [-0.05, 0) is 43.7 Å². The Morgan fingerprint density at radius 1 is 0.963 bits per heavy atom. The number of rotatable bonds is 8. The first-order chi connectivity index (χ1) is 12.9. The molecule has 0 saturated carbocycles. The summed E-state index contributed by atoms with van der Waals surface area (Å²) in [5.74, 6) is -2.27. The number of hydrogen-bond acceptors (Lipinski definition) is 3. The molecule has 0 radical (unpaired) electrons. The van der Waals surface area contributed by atoms with Gasteiger partial charge in [0.15, 0.2) is 0 Å². The molecule has 0 heterocycles. The molecule has 0 aliphatic heterocycles. The summed E-state index contributed by atoms with van der Waals surface area (Å²) in [6.45, 7) is 4.31. The van der Waals surface area contributed by atoms with Gasteiger partial charge >= 0.3 is 0 Å². The topological polar surface area (TPSA) is 61.4 Å². The molecule has 0 aliphatic rings. The third-order valence-corrected chi connectivity index (χ3v) is 3.90. The zero-order valence-electron chi connectivity index (χ0n) is 15.4. The molecule has 2 N–H and O–H groups in total. The van der Waals surface area contributed by atoms with E-state index in [2.05, 4.69) is 10.6 Å². The summed E-state index contributed by atoms with van der Waals surface area (Å²) in [6, 6.07) is 10.3. The van der Waals surface area contributed by atoms with Crippen molar-refractivity contribution in [3.05, 3.63) is 59.7 Å². The summed E-state index contributed by atoms with van der Waals surface area (Å²) < 4.78 is 26.6. The molecule has 0 saturated heterocycles. The minimum Gasteiger partial charge on any atom is -0.325 e. The van der Waals surface area contributed by atoms with E-state index in [1.54, 1.807) is 11.0 Å². The molecule has 144 valence electrons. The Balaban J connectivity index is 1.94. The van der Waals surface area contributed by atoms with Crippen molar-refractivity contribution in [2.75, 3.05) is 30.3 Å². The normalized spacial score (nSPS) is 10.7. The van der Waals surface area contributed by atoms with Crippen molar-refractivity contribution in [2.24, 2.45) is 0 Å². The lowest BCUT2D eigenvalue weighted by Gasteiger charge is -2.21. The number of para-hydroxylation sites is 1. The standard InChI is InChI=1S/C20H23F2N3O2/c1-3-10-25(12-19(26)23-17-7-5-4-6-14(17)2)13-20(27)24-18-9-8-15(21)11-16(18)22/h4-9,11H,3,10,12-13H2,1-2H3,(H,23,26)(H,24,27). The molecule has 5 nitrogen and oxygen atoms in total. The number of halogens is 2. The van der Waals surface area contributed by atoms with E-state index in [4.69, 9.17) is 0 Å². The van der Waals surface area contributed by atoms with Gasteiger partial charge in [-0.2, -0.15) is 0 Å². The third-order valence-electron chi connectivity index (χ3n) is 3.90. The molecule has 2 rings (SSSR count). The largest absolute Gasteiger partial charge is 0.325 e. The first-order valence-electron chi connectivity index (χ1n) is 8.71. The number of amides is 2. The lowest BCUT2D eigenvalue weighted by atomic mass is 10.2. The molecular weight excluding hydrogens is 352 g/mol. The van der Waals surface area contributed by atoms with Crippen LogP contribution in [0.1, 0.15) is 18.9 Å². The summed E-state index contributed by atoms with van der Waals surface area (Å²) in [5, 5.41) is 5.23. The third kappa shape index (κ3) is 6.45. The van der Waals surface area contributed by atoms with Crippen molar-refractivity contribution in [3.63, 3.8) is 0 Å². The number of anilines is 2. The Morgan fingerprint density at radius 3 is 2.19 bits per heavy atom. The summed E-state index contributed by atoms with van der Waals surface area (Å²) in [5.41, 5.74) is 1.57. The fourth-order valence-corrected chi connectivity index (χ4v) is 2.62. The second kappa shape index (κ2) is 9.78. The summed E-state index contributed by atoms with van der Waals surface area (Å²) >= 11 is 0. The molecule has 2 amide bonds. The molecule has 0 aromatic heterocycles. The quantitative estimate of drug-likeness (QED) is 0.742. The first kappa shape index (κ1) is 20.5. The van der Waals surface area contributed by atoms with E-state index < -0.39 is 17.5 Å². The highest BCUT2D eigenvalue weighted by Crippen LogP contribution is 2.15. The van der Waals surface area contributed by atoms with Crippen molar-refractivity contribution < 1.29 is 18.4 Å². The van der Waals surface area contributed by atoms with Crippen LogP contribution in [0.5, 0.6) is 0 Å². The fraction of sp³-hybridized carbons (Fsp3) is 0.300. The maximum absolute atomic E-state index is 13.7. The SMILES string of the molecule is CCCN(CC(=O)Nc1ccccc1C)CC(=O)Nc1ccc(F)cc1F. The van der Waals surface area contributed by atoms with Crippen LogP contribution >= 0.6 is 0 Å². The van der Waals surface area contributed by atoms with Gasteiger partial charge in [-0.25, -0.2) is 8.78 Å². The minimum atomic E-state index is -0.845. The lowest BCUT2D eigenvalue weighted by Crippen LogP contribution is -2.39. The van der Waals surface area contributed by atoms with Crippen LogP contribution in [0.15, 0.2) is 42.5 Å². The van der Waals surface area contributed by atoms with E-state index in [-0.39, 0.29) is 24.7 Å². The summed E-state index contributed by atoms with van der Waals surface area (Å²) in [4.78, 5) is 26.2. The highest BCUT2D eigenvalue weighted by molar-refractivity contribution is 5.95. The Kier molecular flexibility index (Phi) is 7.43.